The first-order valence-electron chi connectivity index (χ1n) is 14.1. The number of aromatic nitrogens is 3. The molecular weight excluding hydrogens is 579 g/mol. The predicted octanol–water partition coefficient (Wildman–Crippen LogP) is 3.36. The van der Waals surface area contributed by atoms with Gasteiger partial charge in [-0.05, 0) is 38.3 Å². The number of nitrogens with zero attached hydrogens (tertiary/aromatic N) is 4. The summed E-state index contributed by atoms with van der Waals surface area (Å²) in [6.45, 7) is 3.62. The molecule has 4 N–H and O–H groups in total. The van der Waals surface area contributed by atoms with Crippen molar-refractivity contribution in [3.63, 3.8) is 0 Å². The fraction of sp³-hybridized carbons (Fsp3) is 0.536. The Balaban J connectivity index is 1.46. The van der Waals surface area contributed by atoms with Crippen LogP contribution in [-0.2, 0) is 10.9 Å². The van der Waals surface area contributed by atoms with Crippen molar-refractivity contribution in [2.45, 2.75) is 63.2 Å². The van der Waals surface area contributed by atoms with Crippen LogP contribution in [0.3, 0.4) is 0 Å². The molecule has 2 bridgehead atoms. The van der Waals surface area contributed by atoms with Crippen molar-refractivity contribution in [2.24, 2.45) is 5.92 Å². The molecule has 10 nitrogen and oxygen atoms in total. The third-order valence-corrected chi connectivity index (χ3v) is 8.88. The first kappa shape index (κ1) is 28.2. The highest BCUT2D eigenvalue weighted by Gasteiger charge is 2.47. The number of benzene rings is 1. The van der Waals surface area contributed by atoms with Crippen LogP contribution >= 0.6 is 0 Å². The summed E-state index contributed by atoms with van der Waals surface area (Å²) in [5, 5.41) is 13.8. The van der Waals surface area contributed by atoms with Gasteiger partial charge in [0, 0.05) is 30.1 Å². The first-order valence-corrected chi connectivity index (χ1v) is 14.1. The zero-order chi connectivity index (χ0) is 30.4. The maximum Gasteiger partial charge on any atom is 0.417 e. The summed E-state index contributed by atoms with van der Waals surface area (Å²) in [6, 6.07) is 0.400. The van der Waals surface area contributed by atoms with Crippen LogP contribution < -0.4 is 25.4 Å². The molecule has 0 aliphatic carbocycles. The van der Waals surface area contributed by atoms with Gasteiger partial charge >= 0.3 is 12.2 Å². The molecule has 6 heterocycles. The molecule has 4 aliphatic heterocycles. The van der Waals surface area contributed by atoms with E-state index < -0.39 is 58.1 Å². The zero-order valence-corrected chi connectivity index (χ0v) is 23.2. The number of alkyl halides is 3. The smallest absolute Gasteiger partial charge is 0.417 e. The first-order chi connectivity index (χ1) is 20.4. The Morgan fingerprint density at radius 3 is 2.67 bits per heavy atom. The number of aliphatic hydroxyl groups is 1. The number of nitrogens with one attached hydrogen (secondary N) is 1. The van der Waals surface area contributed by atoms with Gasteiger partial charge in [-0.25, -0.2) is 13.8 Å². The fourth-order valence-electron chi connectivity index (χ4n) is 6.83. The van der Waals surface area contributed by atoms with E-state index in [2.05, 4.69) is 20.3 Å². The molecule has 0 radical (unpaired) electrons. The van der Waals surface area contributed by atoms with Crippen LogP contribution in [0.2, 0.25) is 0 Å². The third-order valence-electron chi connectivity index (χ3n) is 8.88. The highest BCUT2D eigenvalue weighted by molar-refractivity contribution is 5.97. The van der Waals surface area contributed by atoms with E-state index in [9.17, 15) is 22.7 Å². The second kappa shape index (κ2) is 9.99. The monoisotopic (exact) mass is 608 g/mol. The Labute approximate surface area is 242 Å². The molecule has 6 atom stereocenters. The number of nitrogen functional groups attached to an aromatic ring is 1. The molecule has 1 aromatic carbocycles. The molecule has 7 rings (SSSR count). The van der Waals surface area contributed by atoms with Crippen LogP contribution in [0.25, 0.3) is 22.2 Å². The van der Waals surface area contributed by atoms with Crippen molar-refractivity contribution in [1.82, 2.24) is 20.3 Å². The third kappa shape index (κ3) is 4.51. The minimum absolute atomic E-state index is 0.0175. The van der Waals surface area contributed by atoms with Crippen molar-refractivity contribution >= 4 is 22.4 Å². The largest absolute Gasteiger partial charge is 0.472 e. The quantitative estimate of drug-likeness (QED) is 0.300. The number of piperazine rings is 1. The summed E-state index contributed by atoms with van der Waals surface area (Å²) < 4.78 is 91.4. The fourth-order valence-corrected chi connectivity index (χ4v) is 6.83. The van der Waals surface area contributed by atoms with Crippen LogP contribution in [0, 0.1) is 24.5 Å². The van der Waals surface area contributed by atoms with Gasteiger partial charge in [0.15, 0.2) is 5.82 Å². The number of halogens is 5. The zero-order valence-electron chi connectivity index (χ0n) is 23.2. The molecule has 15 heteroatoms. The molecule has 230 valence electrons. The Bertz CT molecular complexity index is 1620. The highest BCUT2D eigenvalue weighted by Crippen LogP contribution is 2.47. The number of anilines is 2. The van der Waals surface area contributed by atoms with Gasteiger partial charge in [-0.2, -0.15) is 23.1 Å². The molecule has 2 aromatic heterocycles. The Morgan fingerprint density at radius 1 is 1.16 bits per heavy atom. The van der Waals surface area contributed by atoms with Gasteiger partial charge in [0.25, 0.3) is 0 Å². The minimum atomic E-state index is -5.06. The van der Waals surface area contributed by atoms with E-state index in [0.717, 1.165) is 25.8 Å². The van der Waals surface area contributed by atoms with Crippen LogP contribution in [0.4, 0.5) is 33.5 Å². The van der Waals surface area contributed by atoms with Crippen LogP contribution in [0.15, 0.2) is 6.07 Å². The maximum absolute atomic E-state index is 16.6. The Kier molecular flexibility index (Phi) is 6.56. The average Bonchev–Trinajstić information content (AvgIpc) is 3.51. The topological polar surface area (TPSA) is 128 Å². The number of aliphatic hydroxyl groups excluding tert-OH is 1. The van der Waals surface area contributed by atoms with Crippen LogP contribution in [0.1, 0.15) is 30.9 Å². The Morgan fingerprint density at radius 2 is 1.95 bits per heavy atom. The number of hydrogen-bond acceptors (Lipinski definition) is 10. The summed E-state index contributed by atoms with van der Waals surface area (Å²) in [5.74, 6) is -2.69. The van der Waals surface area contributed by atoms with Crippen LogP contribution in [0.5, 0.6) is 11.9 Å². The number of hydrogen-bond donors (Lipinski definition) is 3. The van der Waals surface area contributed by atoms with Crippen LogP contribution in [-0.4, -0.2) is 76.8 Å². The normalized spacial score (nSPS) is 28.1. The van der Waals surface area contributed by atoms with Crippen molar-refractivity contribution in [3.05, 3.63) is 28.8 Å². The maximum atomic E-state index is 16.6. The number of fused-ring (bicyclic) bond motifs is 5. The summed E-state index contributed by atoms with van der Waals surface area (Å²) in [4.78, 5) is 15.2. The number of ether oxygens (including phenoxy) is 3. The number of pyridine rings is 1. The van der Waals surface area contributed by atoms with Crippen molar-refractivity contribution in [2.75, 3.05) is 37.0 Å². The lowest BCUT2D eigenvalue weighted by Crippen LogP contribution is -2.62. The van der Waals surface area contributed by atoms with E-state index in [1.807, 2.05) is 11.8 Å². The predicted molar refractivity (Wildman–Crippen MR) is 144 cm³/mol. The molecule has 3 saturated heterocycles. The lowest BCUT2D eigenvalue weighted by molar-refractivity contribution is -0.137. The molecular formula is C28H29F5N6O4. The second-order valence-corrected chi connectivity index (χ2v) is 11.6. The van der Waals surface area contributed by atoms with Gasteiger partial charge in [-0.3, -0.25) is 0 Å². The van der Waals surface area contributed by atoms with E-state index in [1.54, 1.807) is 0 Å². The number of rotatable bonds is 4. The van der Waals surface area contributed by atoms with E-state index in [1.165, 1.54) is 0 Å². The molecule has 3 aromatic rings. The molecule has 2 unspecified atom stereocenters. The van der Waals surface area contributed by atoms with Gasteiger partial charge in [0.1, 0.15) is 34.3 Å². The van der Waals surface area contributed by atoms with E-state index in [4.69, 9.17) is 19.9 Å². The van der Waals surface area contributed by atoms with Crippen molar-refractivity contribution in [3.8, 4) is 23.1 Å². The van der Waals surface area contributed by atoms with Gasteiger partial charge in [0.05, 0.1) is 43.2 Å². The van der Waals surface area contributed by atoms with Crippen molar-refractivity contribution < 1.29 is 41.3 Å². The molecule has 0 amide bonds. The van der Waals surface area contributed by atoms with Gasteiger partial charge in [0.2, 0.25) is 5.88 Å². The lowest BCUT2D eigenvalue weighted by Gasteiger charge is -2.42. The minimum Gasteiger partial charge on any atom is -0.472 e. The Hall–Kier alpha value is -3.56. The second-order valence-electron chi connectivity index (χ2n) is 11.6. The van der Waals surface area contributed by atoms with Gasteiger partial charge < -0.3 is 35.3 Å². The average molecular weight is 609 g/mol. The molecule has 0 spiro atoms. The SMILES string of the molecule is Cc1c(F)c(N)cc(-c2nc3c4c(nc(OCC5COCC5O)nc4c2F)N2C[C@H]4CC[C@H](N4)[C@H]2[C@H](C)O3)c1C(F)(F)F. The van der Waals surface area contributed by atoms with E-state index in [0.29, 0.717) is 6.54 Å². The van der Waals surface area contributed by atoms with Crippen molar-refractivity contribution in [1.29, 1.82) is 0 Å². The highest BCUT2D eigenvalue weighted by atomic mass is 19.4. The van der Waals surface area contributed by atoms with Gasteiger partial charge in [-0.15, -0.1) is 0 Å². The van der Waals surface area contributed by atoms with E-state index >= 15 is 4.39 Å². The molecule has 4 aliphatic rings. The van der Waals surface area contributed by atoms with E-state index in [-0.39, 0.29) is 72.5 Å². The summed E-state index contributed by atoms with van der Waals surface area (Å²) >= 11 is 0. The molecule has 43 heavy (non-hydrogen) atoms. The summed E-state index contributed by atoms with van der Waals surface area (Å²) in [6.07, 6.45) is -4.57. The lowest BCUT2D eigenvalue weighted by atomic mass is 9.96. The summed E-state index contributed by atoms with van der Waals surface area (Å²) in [7, 11) is 0. The standard InChI is InChI=1S/C28H29F5N6O4/c1-10-19(28(31,32)33)14(5-15(34)20(10)29)22-21(30)23-18-25(38-27(37-23)42-8-12-7-41-9-17(12)40)39-6-13-3-4-16(35-13)24(39)11(2)43-26(18)36-22/h5,11-13,16-17,24,35,40H,3-4,6-9,34H2,1-2H3/t11-,12?,13+,16-,17?,24+/m0/s1. The summed E-state index contributed by atoms with van der Waals surface area (Å²) in [5.41, 5.74) is 1.09. The molecule has 0 saturated carbocycles. The van der Waals surface area contributed by atoms with Gasteiger partial charge in [-0.1, -0.05) is 0 Å². The number of nitrogens with two attached hydrogens (primary N) is 1. The molecule has 3 fully saturated rings.